The van der Waals surface area contributed by atoms with Gasteiger partial charge in [0.25, 0.3) is 10.2 Å². The van der Waals surface area contributed by atoms with Crippen LogP contribution in [0.4, 0.5) is 0 Å². The smallest absolute Gasteiger partial charge is 0.279 e. The molecule has 5 nitrogen and oxygen atoms in total. The summed E-state index contributed by atoms with van der Waals surface area (Å²) < 4.78 is 27.7. The molecule has 0 aromatic carbocycles. The lowest BCUT2D eigenvalue weighted by Gasteiger charge is -2.26. The van der Waals surface area contributed by atoms with E-state index in [1.54, 1.807) is 13.8 Å². The highest BCUT2D eigenvalue weighted by Gasteiger charge is 2.24. The van der Waals surface area contributed by atoms with E-state index in [4.69, 9.17) is 5.73 Å². The zero-order valence-corrected chi connectivity index (χ0v) is 10.8. The first-order chi connectivity index (χ1) is 6.81. The van der Waals surface area contributed by atoms with Crippen molar-refractivity contribution in [3.63, 3.8) is 0 Å². The first-order valence-electron chi connectivity index (χ1n) is 5.30. The minimum Gasteiger partial charge on any atom is -0.330 e. The third-order valence-electron chi connectivity index (χ3n) is 1.85. The van der Waals surface area contributed by atoms with Crippen LogP contribution in [-0.4, -0.2) is 37.9 Å². The van der Waals surface area contributed by atoms with Crippen molar-refractivity contribution in [2.24, 2.45) is 5.73 Å². The van der Waals surface area contributed by atoms with Crippen molar-refractivity contribution < 1.29 is 8.42 Å². The normalized spacial score (nSPS) is 13.1. The molecular weight excluding hydrogens is 214 g/mol. The van der Waals surface area contributed by atoms with Crippen molar-refractivity contribution in [2.45, 2.75) is 46.2 Å². The molecule has 0 saturated heterocycles. The second-order valence-corrected chi connectivity index (χ2v) is 5.78. The Balaban J connectivity index is 4.60. The lowest BCUT2D eigenvalue weighted by molar-refractivity contribution is 0.343. The average Bonchev–Trinajstić information content (AvgIpc) is 2.00. The summed E-state index contributed by atoms with van der Waals surface area (Å²) in [5.41, 5.74) is 5.38. The Kier molecular flexibility index (Phi) is 6.35. The molecule has 0 saturated carbocycles. The fourth-order valence-electron chi connectivity index (χ4n) is 1.27. The van der Waals surface area contributed by atoms with Crippen molar-refractivity contribution in [1.29, 1.82) is 0 Å². The molecule has 0 atom stereocenters. The summed E-state index contributed by atoms with van der Waals surface area (Å²) in [4.78, 5) is 0. The molecule has 6 heteroatoms. The van der Waals surface area contributed by atoms with E-state index in [-0.39, 0.29) is 12.1 Å². The lowest BCUT2D eigenvalue weighted by Crippen LogP contribution is -2.47. The summed E-state index contributed by atoms with van der Waals surface area (Å²) in [6, 6.07) is -0.137. The Bertz CT molecular complexity index is 263. The van der Waals surface area contributed by atoms with Crippen molar-refractivity contribution in [3.8, 4) is 0 Å². The maximum Gasteiger partial charge on any atom is 0.279 e. The van der Waals surface area contributed by atoms with E-state index < -0.39 is 10.2 Å². The second kappa shape index (κ2) is 6.42. The van der Waals surface area contributed by atoms with Gasteiger partial charge in [-0.15, -0.1) is 0 Å². The van der Waals surface area contributed by atoms with E-state index in [1.807, 2.05) is 13.8 Å². The monoisotopic (exact) mass is 237 g/mol. The predicted octanol–water partition coefficient (Wildman–Crippen LogP) is 0.288. The molecule has 15 heavy (non-hydrogen) atoms. The van der Waals surface area contributed by atoms with E-state index in [1.165, 1.54) is 4.31 Å². The van der Waals surface area contributed by atoms with Crippen LogP contribution >= 0.6 is 0 Å². The number of nitrogens with two attached hydrogens (primary N) is 1. The number of hydrogen-bond acceptors (Lipinski definition) is 3. The van der Waals surface area contributed by atoms with Gasteiger partial charge in [-0.1, -0.05) is 0 Å². The summed E-state index contributed by atoms with van der Waals surface area (Å²) >= 11 is 0. The van der Waals surface area contributed by atoms with Gasteiger partial charge in [-0.2, -0.15) is 17.4 Å². The maximum atomic E-state index is 11.9. The highest BCUT2D eigenvalue weighted by Crippen LogP contribution is 2.06. The topological polar surface area (TPSA) is 75.4 Å². The van der Waals surface area contributed by atoms with Crippen LogP contribution in [0.25, 0.3) is 0 Å². The summed E-state index contributed by atoms with van der Waals surface area (Å²) in [6.45, 7) is 8.29. The summed E-state index contributed by atoms with van der Waals surface area (Å²) in [5, 5.41) is 0. The van der Waals surface area contributed by atoms with E-state index in [0.717, 1.165) is 0 Å². The third-order valence-corrected chi connectivity index (χ3v) is 3.84. The van der Waals surface area contributed by atoms with E-state index >= 15 is 0 Å². The SMILES string of the molecule is CC(C)NS(=O)(=O)N(CCCN)C(C)C. The van der Waals surface area contributed by atoms with Crippen LogP contribution in [0.1, 0.15) is 34.1 Å². The first-order valence-corrected chi connectivity index (χ1v) is 6.74. The molecule has 0 aliphatic heterocycles. The van der Waals surface area contributed by atoms with Crippen LogP contribution in [0.2, 0.25) is 0 Å². The molecule has 92 valence electrons. The van der Waals surface area contributed by atoms with Gasteiger partial charge >= 0.3 is 0 Å². The highest BCUT2D eigenvalue weighted by molar-refractivity contribution is 7.87. The van der Waals surface area contributed by atoms with Crippen LogP contribution in [0.5, 0.6) is 0 Å². The Morgan fingerprint density at radius 2 is 1.80 bits per heavy atom. The molecule has 0 unspecified atom stereocenters. The van der Waals surface area contributed by atoms with Crippen molar-refractivity contribution >= 4 is 10.2 Å². The van der Waals surface area contributed by atoms with Crippen molar-refractivity contribution in [3.05, 3.63) is 0 Å². The molecule has 0 spiro atoms. The molecule has 0 amide bonds. The van der Waals surface area contributed by atoms with Crippen LogP contribution in [0.15, 0.2) is 0 Å². The molecule has 0 heterocycles. The zero-order chi connectivity index (χ0) is 12.1. The summed E-state index contributed by atoms with van der Waals surface area (Å²) in [7, 11) is -3.37. The van der Waals surface area contributed by atoms with Gasteiger partial charge in [0.05, 0.1) is 0 Å². The molecule has 3 N–H and O–H groups in total. The number of nitrogens with zero attached hydrogens (tertiary/aromatic N) is 1. The fourth-order valence-corrected chi connectivity index (χ4v) is 2.92. The molecule has 0 aromatic heterocycles. The quantitative estimate of drug-likeness (QED) is 0.668. The van der Waals surface area contributed by atoms with Crippen molar-refractivity contribution in [1.82, 2.24) is 9.03 Å². The van der Waals surface area contributed by atoms with Gasteiger partial charge in [0, 0.05) is 18.6 Å². The highest BCUT2D eigenvalue weighted by atomic mass is 32.2. The molecule has 0 aliphatic carbocycles. The minimum atomic E-state index is -3.37. The maximum absolute atomic E-state index is 11.9. The number of rotatable bonds is 7. The number of nitrogens with one attached hydrogen (secondary N) is 1. The molecule has 0 aliphatic rings. The van der Waals surface area contributed by atoms with Crippen LogP contribution in [-0.2, 0) is 10.2 Å². The zero-order valence-electron chi connectivity index (χ0n) is 10.0. The summed E-state index contributed by atoms with van der Waals surface area (Å²) in [6.07, 6.45) is 0.678. The van der Waals surface area contributed by atoms with Gasteiger partial charge in [-0.3, -0.25) is 0 Å². The summed E-state index contributed by atoms with van der Waals surface area (Å²) in [5.74, 6) is 0. The largest absolute Gasteiger partial charge is 0.330 e. The van der Waals surface area contributed by atoms with Gasteiger partial charge in [-0.25, -0.2) is 0 Å². The Hall–Kier alpha value is -0.170. The molecule has 0 fully saturated rings. The Morgan fingerprint density at radius 3 is 2.13 bits per heavy atom. The van der Waals surface area contributed by atoms with Gasteiger partial charge in [-0.05, 0) is 40.7 Å². The lowest BCUT2D eigenvalue weighted by atomic mass is 10.3. The third kappa shape index (κ3) is 5.46. The molecule has 0 aromatic rings. The Morgan fingerprint density at radius 1 is 1.27 bits per heavy atom. The standard InChI is InChI=1S/C9H23N3O2S/c1-8(2)11-15(13,14)12(9(3)4)7-5-6-10/h8-9,11H,5-7,10H2,1-4H3. The van der Waals surface area contributed by atoms with E-state index in [9.17, 15) is 8.42 Å². The van der Waals surface area contributed by atoms with E-state index in [2.05, 4.69) is 4.72 Å². The Labute approximate surface area is 93.2 Å². The van der Waals surface area contributed by atoms with Gasteiger partial charge in [0.1, 0.15) is 0 Å². The fraction of sp³-hybridized carbons (Fsp3) is 1.00. The molecule has 0 rings (SSSR count). The molecule has 0 bridgehead atoms. The van der Waals surface area contributed by atoms with Crippen LogP contribution in [0, 0.1) is 0 Å². The van der Waals surface area contributed by atoms with Gasteiger partial charge in [0.15, 0.2) is 0 Å². The molecular formula is C9H23N3O2S. The molecule has 0 radical (unpaired) electrons. The van der Waals surface area contributed by atoms with Gasteiger partial charge in [0.2, 0.25) is 0 Å². The second-order valence-electron chi connectivity index (χ2n) is 4.12. The predicted molar refractivity (Wildman–Crippen MR) is 62.7 cm³/mol. The van der Waals surface area contributed by atoms with Crippen molar-refractivity contribution in [2.75, 3.05) is 13.1 Å². The van der Waals surface area contributed by atoms with Crippen LogP contribution in [0.3, 0.4) is 0 Å². The van der Waals surface area contributed by atoms with Gasteiger partial charge < -0.3 is 5.73 Å². The van der Waals surface area contributed by atoms with E-state index in [0.29, 0.717) is 19.5 Å². The number of hydrogen-bond donors (Lipinski definition) is 2. The average molecular weight is 237 g/mol. The first kappa shape index (κ1) is 14.8. The minimum absolute atomic E-state index is 0.0483. The van der Waals surface area contributed by atoms with Crippen LogP contribution < -0.4 is 10.5 Å².